The minimum atomic E-state index is -0.478. The first-order valence-electron chi connectivity index (χ1n) is 10.4. The standard InChI is InChI=1S/C24H24N2O6/c1-30-17-4-2-15(3-5-17)20-13-23(28)32-21-12-18(6-7-19(20)21)31-14-22(27)26-10-8-16(9-11-26)24(25)29/h2-7,12-13,16H,8-11,14H2,1H3,(H2,25,29). The fraction of sp³-hybridized carbons (Fsp3) is 0.292. The van der Waals surface area contributed by atoms with Crippen LogP contribution in [0.15, 0.2) is 57.7 Å². The number of primary amides is 1. The second-order valence-corrected chi connectivity index (χ2v) is 7.71. The summed E-state index contributed by atoms with van der Waals surface area (Å²) in [5.74, 6) is 0.484. The van der Waals surface area contributed by atoms with Gasteiger partial charge in [0.25, 0.3) is 5.91 Å². The molecule has 2 amide bonds. The van der Waals surface area contributed by atoms with Crippen molar-refractivity contribution in [1.29, 1.82) is 0 Å². The molecule has 0 bridgehead atoms. The molecule has 0 saturated carbocycles. The van der Waals surface area contributed by atoms with Crippen LogP contribution in [0.3, 0.4) is 0 Å². The van der Waals surface area contributed by atoms with Crippen molar-refractivity contribution in [2.45, 2.75) is 12.8 Å². The molecule has 1 aromatic heterocycles. The number of carbonyl (C=O) groups is 2. The predicted molar refractivity (Wildman–Crippen MR) is 118 cm³/mol. The number of amides is 2. The number of piperidine rings is 1. The van der Waals surface area contributed by atoms with Gasteiger partial charge in [-0.15, -0.1) is 0 Å². The summed E-state index contributed by atoms with van der Waals surface area (Å²) in [7, 11) is 1.59. The highest BCUT2D eigenvalue weighted by atomic mass is 16.5. The lowest BCUT2D eigenvalue weighted by Crippen LogP contribution is -2.43. The second kappa shape index (κ2) is 9.13. The molecule has 0 aliphatic carbocycles. The number of nitrogens with zero attached hydrogens (tertiary/aromatic N) is 1. The molecule has 2 heterocycles. The van der Waals surface area contributed by atoms with Gasteiger partial charge in [-0.3, -0.25) is 9.59 Å². The smallest absolute Gasteiger partial charge is 0.336 e. The first-order valence-corrected chi connectivity index (χ1v) is 10.4. The van der Waals surface area contributed by atoms with E-state index in [2.05, 4.69) is 0 Å². The number of rotatable bonds is 6. The van der Waals surface area contributed by atoms with E-state index in [1.165, 1.54) is 6.07 Å². The Morgan fingerprint density at radius 3 is 2.41 bits per heavy atom. The largest absolute Gasteiger partial charge is 0.497 e. The van der Waals surface area contributed by atoms with Gasteiger partial charge in [-0.25, -0.2) is 4.79 Å². The molecule has 1 saturated heterocycles. The Labute approximate surface area is 184 Å². The summed E-state index contributed by atoms with van der Waals surface area (Å²) in [4.78, 5) is 37.5. The third-order valence-electron chi connectivity index (χ3n) is 5.73. The van der Waals surface area contributed by atoms with Crippen LogP contribution in [0.2, 0.25) is 0 Å². The van der Waals surface area contributed by atoms with Crippen LogP contribution in [0.5, 0.6) is 11.5 Å². The van der Waals surface area contributed by atoms with Crippen LogP contribution in [0.4, 0.5) is 0 Å². The van der Waals surface area contributed by atoms with Crippen LogP contribution >= 0.6 is 0 Å². The maximum atomic E-state index is 12.5. The Hall–Kier alpha value is -3.81. The highest BCUT2D eigenvalue weighted by Gasteiger charge is 2.26. The lowest BCUT2D eigenvalue weighted by atomic mass is 9.96. The van der Waals surface area contributed by atoms with E-state index in [1.54, 1.807) is 30.2 Å². The number of likely N-dealkylation sites (tertiary alicyclic amines) is 1. The van der Waals surface area contributed by atoms with E-state index < -0.39 is 5.63 Å². The zero-order valence-electron chi connectivity index (χ0n) is 17.7. The molecule has 0 unspecified atom stereocenters. The molecule has 32 heavy (non-hydrogen) atoms. The fourth-order valence-electron chi connectivity index (χ4n) is 3.89. The molecule has 8 heteroatoms. The molecule has 2 aromatic carbocycles. The molecule has 0 spiro atoms. The zero-order chi connectivity index (χ0) is 22.7. The molecule has 2 N–H and O–H groups in total. The molecule has 0 atom stereocenters. The van der Waals surface area contributed by atoms with Crippen molar-refractivity contribution in [3.63, 3.8) is 0 Å². The van der Waals surface area contributed by atoms with Gasteiger partial charge < -0.3 is 24.5 Å². The van der Waals surface area contributed by atoms with Gasteiger partial charge in [-0.2, -0.15) is 0 Å². The number of benzene rings is 2. The predicted octanol–water partition coefficient (Wildman–Crippen LogP) is 2.57. The highest BCUT2D eigenvalue weighted by molar-refractivity contribution is 5.93. The molecule has 0 radical (unpaired) electrons. The summed E-state index contributed by atoms with van der Waals surface area (Å²) in [6.45, 7) is 0.816. The van der Waals surface area contributed by atoms with Crippen molar-refractivity contribution in [2.24, 2.45) is 11.7 Å². The second-order valence-electron chi connectivity index (χ2n) is 7.71. The van der Waals surface area contributed by atoms with Gasteiger partial charge in [-0.05, 0) is 48.2 Å². The highest BCUT2D eigenvalue weighted by Crippen LogP contribution is 2.30. The Morgan fingerprint density at radius 2 is 1.75 bits per heavy atom. The van der Waals surface area contributed by atoms with Gasteiger partial charge in [0.05, 0.1) is 7.11 Å². The van der Waals surface area contributed by atoms with Crippen molar-refractivity contribution in [3.8, 4) is 22.6 Å². The van der Waals surface area contributed by atoms with Gasteiger partial charge in [0, 0.05) is 36.5 Å². The first kappa shape index (κ1) is 21.4. The summed E-state index contributed by atoms with van der Waals surface area (Å²) in [6, 6.07) is 14.0. The van der Waals surface area contributed by atoms with Crippen LogP contribution in [0.25, 0.3) is 22.1 Å². The van der Waals surface area contributed by atoms with Gasteiger partial charge in [0.1, 0.15) is 17.1 Å². The number of methoxy groups -OCH3 is 1. The van der Waals surface area contributed by atoms with Crippen molar-refractivity contribution < 1.29 is 23.5 Å². The van der Waals surface area contributed by atoms with Crippen LogP contribution in [-0.4, -0.2) is 43.5 Å². The minimum Gasteiger partial charge on any atom is -0.497 e. The summed E-state index contributed by atoms with van der Waals surface area (Å²) >= 11 is 0. The molecule has 8 nitrogen and oxygen atoms in total. The minimum absolute atomic E-state index is 0.144. The van der Waals surface area contributed by atoms with E-state index in [0.717, 1.165) is 22.3 Å². The molecular weight excluding hydrogens is 412 g/mol. The Kier molecular flexibility index (Phi) is 6.11. The maximum absolute atomic E-state index is 12.5. The number of nitrogens with two attached hydrogens (primary N) is 1. The Bertz CT molecular complexity index is 1190. The quantitative estimate of drug-likeness (QED) is 0.595. The molecule has 1 fully saturated rings. The Morgan fingerprint density at radius 1 is 1.06 bits per heavy atom. The third-order valence-corrected chi connectivity index (χ3v) is 5.73. The summed E-state index contributed by atoms with van der Waals surface area (Å²) in [5, 5.41) is 0.752. The van der Waals surface area contributed by atoms with Crippen molar-refractivity contribution in [2.75, 3.05) is 26.8 Å². The van der Waals surface area contributed by atoms with Gasteiger partial charge in [0.15, 0.2) is 6.61 Å². The molecule has 1 aliphatic rings. The summed E-state index contributed by atoms with van der Waals surface area (Å²) in [5.41, 5.74) is 6.82. The molecule has 166 valence electrons. The molecule has 1 aliphatic heterocycles. The van der Waals surface area contributed by atoms with E-state index >= 15 is 0 Å². The maximum Gasteiger partial charge on any atom is 0.336 e. The first-order chi connectivity index (χ1) is 15.4. The molecular formula is C24H24N2O6. The topological polar surface area (TPSA) is 112 Å². The van der Waals surface area contributed by atoms with E-state index in [1.807, 2.05) is 24.3 Å². The van der Waals surface area contributed by atoms with Crippen molar-refractivity contribution >= 4 is 22.8 Å². The van der Waals surface area contributed by atoms with Crippen LogP contribution < -0.4 is 20.8 Å². The average molecular weight is 436 g/mol. The number of fused-ring (bicyclic) bond motifs is 1. The summed E-state index contributed by atoms with van der Waals surface area (Å²) in [6.07, 6.45) is 1.13. The normalized spacial score (nSPS) is 14.3. The fourth-order valence-corrected chi connectivity index (χ4v) is 3.89. The SMILES string of the molecule is COc1ccc(-c2cc(=O)oc3cc(OCC(=O)N4CCC(C(N)=O)CC4)ccc23)cc1. The van der Waals surface area contributed by atoms with Crippen molar-refractivity contribution in [1.82, 2.24) is 4.90 Å². The average Bonchev–Trinajstić information content (AvgIpc) is 2.81. The monoisotopic (exact) mass is 436 g/mol. The number of ether oxygens (including phenoxy) is 2. The lowest BCUT2D eigenvalue weighted by Gasteiger charge is -2.30. The number of carbonyl (C=O) groups excluding carboxylic acids is 2. The van der Waals surface area contributed by atoms with E-state index in [-0.39, 0.29) is 24.3 Å². The van der Waals surface area contributed by atoms with E-state index in [9.17, 15) is 14.4 Å². The van der Waals surface area contributed by atoms with Gasteiger partial charge in [0.2, 0.25) is 5.91 Å². The van der Waals surface area contributed by atoms with Crippen LogP contribution in [0.1, 0.15) is 12.8 Å². The van der Waals surface area contributed by atoms with Crippen LogP contribution in [-0.2, 0) is 9.59 Å². The Balaban J connectivity index is 1.48. The number of hydrogen-bond acceptors (Lipinski definition) is 6. The molecule has 3 aromatic rings. The zero-order valence-corrected chi connectivity index (χ0v) is 17.7. The van der Waals surface area contributed by atoms with Crippen molar-refractivity contribution in [3.05, 3.63) is 59.0 Å². The van der Waals surface area contributed by atoms with E-state index in [0.29, 0.717) is 37.3 Å². The van der Waals surface area contributed by atoms with Gasteiger partial charge in [-0.1, -0.05) is 12.1 Å². The lowest BCUT2D eigenvalue weighted by molar-refractivity contribution is -0.136. The van der Waals surface area contributed by atoms with Gasteiger partial charge >= 0.3 is 5.63 Å². The molecule has 4 rings (SSSR count). The third kappa shape index (κ3) is 4.59. The van der Waals surface area contributed by atoms with E-state index in [4.69, 9.17) is 19.6 Å². The van der Waals surface area contributed by atoms with Crippen LogP contribution in [0, 0.1) is 5.92 Å². The summed E-state index contributed by atoms with van der Waals surface area (Å²) < 4.78 is 16.2. The number of hydrogen-bond donors (Lipinski definition) is 1.